The van der Waals surface area contributed by atoms with Crippen LogP contribution in [0.5, 0.6) is 5.75 Å². The molecule has 0 saturated carbocycles. The smallest absolute Gasteiger partial charge is 0.133 e. The van der Waals surface area contributed by atoms with Gasteiger partial charge in [0.25, 0.3) is 0 Å². The molecular formula is C17H14BrNO2. The lowest BCUT2D eigenvalue weighted by atomic mass is 10.00. The topological polar surface area (TPSA) is 42.4 Å². The van der Waals surface area contributed by atoms with Crippen molar-refractivity contribution >= 4 is 26.8 Å². The molecule has 1 aromatic heterocycles. The molecule has 0 bridgehead atoms. The van der Waals surface area contributed by atoms with Gasteiger partial charge in [0, 0.05) is 11.6 Å². The predicted octanol–water partition coefficient (Wildman–Crippen LogP) is 4.09. The lowest BCUT2D eigenvalue weighted by Gasteiger charge is -2.13. The summed E-state index contributed by atoms with van der Waals surface area (Å²) in [5.41, 5.74) is 2.50. The molecule has 0 amide bonds. The number of benzene rings is 2. The van der Waals surface area contributed by atoms with Gasteiger partial charge in [0.05, 0.1) is 17.1 Å². The molecule has 21 heavy (non-hydrogen) atoms. The molecule has 0 fully saturated rings. The van der Waals surface area contributed by atoms with Crippen molar-refractivity contribution in [3.05, 3.63) is 70.3 Å². The van der Waals surface area contributed by atoms with Crippen molar-refractivity contribution in [1.29, 1.82) is 0 Å². The lowest BCUT2D eigenvalue weighted by Crippen LogP contribution is -2.00. The average Bonchev–Trinajstić information content (AvgIpc) is 2.53. The first-order valence-corrected chi connectivity index (χ1v) is 7.34. The average molecular weight is 344 g/mol. The maximum absolute atomic E-state index is 10.5. The number of hydrogen-bond acceptors (Lipinski definition) is 3. The van der Waals surface area contributed by atoms with Gasteiger partial charge in [-0.1, -0.05) is 24.3 Å². The van der Waals surface area contributed by atoms with Crippen LogP contribution in [-0.4, -0.2) is 17.2 Å². The molecule has 1 N–H and O–H groups in total. The quantitative estimate of drug-likeness (QED) is 0.778. The summed E-state index contributed by atoms with van der Waals surface area (Å²) in [6.45, 7) is 0. The van der Waals surface area contributed by atoms with E-state index in [4.69, 9.17) is 4.74 Å². The monoisotopic (exact) mass is 343 g/mol. The van der Waals surface area contributed by atoms with Gasteiger partial charge < -0.3 is 9.84 Å². The maximum Gasteiger partial charge on any atom is 0.133 e. The Morgan fingerprint density at radius 2 is 1.86 bits per heavy atom. The van der Waals surface area contributed by atoms with E-state index in [0.717, 1.165) is 32.3 Å². The summed E-state index contributed by atoms with van der Waals surface area (Å²) >= 11 is 3.44. The third-order valence-corrected chi connectivity index (χ3v) is 4.06. The van der Waals surface area contributed by atoms with Crippen molar-refractivity contribution in [1.82, 2.24) is 4.98 Å². The number of nitrogens with zero attached hydrogens (tertiary/aromatic N) is 1. The van der Waals surface area contributed by atoms with Crippen LogP contribution in [0, 0.1) is 0 Å². The highest BCUT2D eigenvalue weighted by atomic mass is 79.9. The second-order valence-corrected chi connectivity index (χ2v) is 5.61. The first-order valence-electron chi connectivity index (χ1n) is 6.55. The van der Waals surface area contributed by atoms with E-state index < -0.39 is 6.10 Å². The van der Waals surface area contributed by atoms with Crippen molar-refractivity contribution in [3.8, 4) is 5.75 Å². The van der Waals surface area contributed by atoms with Crippen molar-refractivity contribution in [2.24, 2.45) is 0 Å². The third kappa shape index (κ3) is 2.77. The van der Waals surface area contributed by atoms with Crippen LogP contribution in [0.3, 0.4) is 0 Å². The molecule has 0 aliphatic rings. The number of hydrogen-bond donors (Lipinski definition) is 1. The molecule has 0 aliphatic carbocycles. The van der Waals surface area contributed by atoms with E-state index in [-0.39, 0.29) is 0 Å². The zero-order valence-corrected chi connectivity index (χ0v) is 13.0. The van der Waals surface area contributed by atoms with Crippen LogP contribution in [0.1, 0.15) is 17.2 Å². The van der Waals surface area contributed by atoms with Gasteiger partial charge in [-0.2, -0.15) is 0 Å². The van der Waals surface area contributed by atoms with Gasteiger partial charge in [0.2, 0.25) is 0 Å². The Morgan fingerprint density at radius 1 is 1.10 bits per heavy atom. The van der Waals surface area contributed by atoms with Gasteiger partial charge >= 0.3 is 0 Å². The summed E-state index contributed by atoms with van der Waals surface area (Å²) in [5.74, 6) is 0.742. The Bertz CT molecular complexity index is 789. The predicted molar refractivity (Wildman–Crippen MR) is 86.5 cm³/mol. The Kier molecular flexibility index (Phi) is 3.90. The molecule has 1 heterocycles. The molecule has 0 spiro atoms. The van der Waals surface area contributed by atoms with E-state index in [0.29, 0.717) is 0 Å². The molecule has 0 saturated heterocycles. The minimum atomic E-state index is -0.696. The maximum atomic E-state index is 10.5. The molecule has 3 nitrogen and oxygen atoms in total. The van der Waals surface area contributed by atoms with E-state index in [1.165, 1.54) is 0 Å². The molecule has 2 aromatic carbocycles. The van der Waals surface area contributed by atoms with Crippen LogP contribution in [0.15, 0.2) is 59.2 Å². The zero-order chi connectivity index (χ0) is 14.8. The van der Waals surface area contributed by atoms with Gasteiger partial charge in [0.1, 0.15) is 11.9 Å². The summed E-state index contributed by atoms with van der Waals surface area (Å²) in [4.78, 5) is 4.32. The number of rotatable bonds is 3. The Morgan fingerprint density at radius 3 is 2.62 bits per heavy atom. The Balaban J connectivity index is 1.99. The number of methoxy groups -OCH3 is 1. The van der Waals surface area contributed by atoms with Crippen LogP contribution in [-0.2, 0) is 0 Å². The first kappa shape index (κ1) is 14.0. The van der Waals surface area contributed by atoms with Crippen molar-refractivity contribution in [3.63, 3.8) is 0 Å². The largest absolute Gasteiger partial charge is 0.496 e. The minimum absolute atomic E-state index is 0.696. The van der Waals surface area contributed by atoms with Gasteiger partial charge in [-0.25, -0.2) is 0 Å². The molecule has 106 valence electrons. The first-order chi connectivity index (χ1) is 10.2. The van der Waals surface area contributed by atoms with Gasteiger partial charge in [-0.3, -0.25) is 4.98 Å². The Labute approximate surface area is 131 Å². The van der Waals surface area contributed by atoms with E-state index in [2.05, 4.69) is 20.9 Å². The highest BCUT2D eigenvalue weighted by Gasteiger charge is 2.13. The van der Waals surface area contributed by atoms with Crippen molar-refractivity contribution in [2.45, 2.75) is 6.10 Å². The number of halogens is 1. The van der Waals surface area contributed by atoms with Gasteiger partial charge in [-0.15, -0.1) is 0 Å². The van der Waals surface area contributed by atoms with Crippen LogP contribution < -0.4 is 4.74 Å². The molecule has 0 aliphatic heterocycles. The molecule has 4 heteroatoms. The number of fused-ring (bicyclic) bond motifs is 1. The number of pyridine rings is 1. The molecule has 1 unspecified atom stereocenters. The molecule has 3 rings (SSSR count). The van der Waals surface area contributed by atoms with Crippen LogP contribution in [0.25, 0.3) is 10.9 Å². The summed E-state index contributed by atoms with van der Waals surface area (Å²) in [5, 5.41) is 11.6. The van der Waals surface area contributed by atoms with E-state index >= 15 is 0 Å². The summed E-state index contributed by atoms with van der Waals surface area (Å²) in [6.07, 6.45) is 1.06. The second kappa shape index (κ2) is 5.84. The second-order valence-electron chi connectivity index (χ2n) is 4.75. The van der Waals surface area contributed by atoms with Crippen LogP contribution in [0.2, 0.25) is 0 Å². The highest BCUT2D eigenvalue weighted by molar-refractivity contribution is 9.10. The fourth-order valence-corrected chi connectivity index (χ4v) is 2.86. The van der Waals surface area contributed by atoms with Gasteiger partial charge in [-0.05, 0) is 51.3 Å². The summed E-state index contributed by atoms with van der Waals surface area (Å²) in [7, 11) is 1.62. The zero-order valence-electron chi connectivity index (χ0n) is 11.5. The molecule has 0 radical (unpaired) electrons. The van der Waals surface area contributed by atoms with Crippen LogP contribution in [0.4, 0.5) is 0 Å². The fraction of sp³-hybridized carbons (Fsp3) is 0.118. The van der Waals surface area contributed by atoms with E-state index in [1.54, 1.807) is 13.3 Å². The standard InChI is InChI=1S/C17H14BrNO2/c1-21-16-7-6-12(9-14(16)18)17(20)13-5-4-11-3-2-8-19-15(11)10-13/h2-10,17,20H,1H3. The Hall–Kier alpha value is -1.91. The SMILES string of the molecule is COc1ccc(C(O)c2ccc3cccnc3c2)cc1Br. The van der Waals surface area contributed by atoms with E-state index in [9.17, 15) is 5.11 Å². The van der Waals surface area contributed by atoms with Crippen molar-refractivity contribution in [2.75, 3.05) is 7.11 Å². The number of aliphatic hydroxyl groups excluding tert-OH is 1. The number of aromatic nitrogens is 1. The van der Waals surface area contributed by atoms with Crippen molar-refractivity contribution < 1.29 is 9.84 Å². The molecular weight excluding hydrogens is 330 g/mol. The molecule has 1 atom stereocenters. The molecule has 3 aromatic rings. The van der Waals surface area contributed by atoms with Crippen LogP contribution >= 0.6 is 15.9 Å². The number of ether oxygens (including phenoxy) is 1. The van der Waals surface area contributed by atoms with Gasteiger partial charge in [0.15, 0.2) is 0 Å². The normalized spacial score (nSPS) is 12.3. The fourth-order valence-electron chi connectivity index (χ4n) is 2.30. The van der Waals surface area contributed by atoms with E-state index in [1.807, 2.05) is 48.5 Å². The number of aliphatic hydroxyl groups is 1. The summed E-state index contributed by atoms with van der Waals surface area (Å²) < 4.78 is 6.02. The third-order valence-electron chi connectivity index (χ3n) is 3.44. The highest BCUT2D eigenvalue weighted by Crippen LogP contribution is 2.31. The summed E-state index contributed by atoms with van der Waals surface area (Å²) in [6, 6.07) is 15.3. The minimum Gasteiger partial charge on any atom is -0.496 e. The lowest BCUT2D eigenvalue weighted by molar-refractivity contribution is 0.220.